The number of hydrogen-bond acceptors (Lipinski definition) is 18. The third-order valence-corrected chi connectivity index (χ3v) is 18.7. The van der Waals surface area contributed by atoms with E-state index in [2.05, 4.69) is 57.8 Å². The number of carboxylic acids is 1. The van der Waals surface area contributed by atoms with E-state index in [-0.39, 0.29) is 88.9 Å². The number of hydrogen-bond donors (Lipinski definition) is 14. The van der Waals surface area contributed by atoms with Crippen molar-refractivity contribution in [1.29, 1.82) is 0 Å². The largest absolute Gasteiger partial charge is 0.480 e. The zero-order chi connectivity index (χ0) is 75.3. The lowest BCUT2D eigenvalue weighted by Gasteiger charge is -2.35. The van der Waals surface area contributed by atoms with Crippen LogP contribution in [-0.4, -0.2) is 246 Å². The Kier molecular flexibility index (Phi) is 31.9. The van der Waals surface area contributed by atoms with Crippen molar-refractivity contribution in [3.8, 4) is 0 Å². The van der Waals surface area contributed by atoms with Gasteiger partial charge in [-0.3, -0.25) is 71.9 Å². The van der Waals surface area contributed by atoms with Gasteiger partial charge in [0, 0.05) is 44.5 Å². The maximum atomic E-state index is 14.7. The molecule has 34 nitrogen and oxygen atoms in total. The fourth-order valence-electron chi connectivity index (χ4n) is 13.1. The summed E-state index contributed by atoms with van der Waals surface area (Å²) in [6.45, 7) is 18.0. The Balaban J connectivity index is 1.24. The number of carbonyl (C=O) groups excluding carboxylic acids is 14. The third kappa shape index (κ3) is 23.6. The van der Waals surface area contributed by atoms with Gasteiger partial charge in [0.25, 0.3) is 0 Å². The second-order valence-corrected chi connectivity index (χ2v) is 28.6. The van der Waals surface area contributed by atoms with Crippen LogP contribution in [0, 0.1) is 29.6 Å². The van der Waals surface area contributed by atoms with Crippen molar-refractivity contribution in [1.82, 2.24) is 77.4 Å². The predicted octanol–water partition coefficient (Wildman–Crippen LogP) is -2.95. The van der Waals surface area contributed by atoms with E-state index in [9.17, 15) is 77.0 Å². The number of aromatic nitrogens is 2. The lowest BCUT2D eigenvalue weighted by atomic mass is 9.96. The van der Waals surface area contributed by atoms with E-state index in [4.69, 9.17) is 16.6 Å². The first-order chi connectivity index (χ1) is 47.6. The number of primary amides is 1. The topological polar surface area (TPSA) is 498 Å². The van der Waals surface area contributed by atoms with Crippen molar-refractivity contribution in [2.45, 2.75) is 245 Å². The van der Waals surface area contributed by atoms with Crippen molar-refractivity contribution in [3.63, 3.8) is 0 Å². The molecule has 1 aromatic rings. The van der Waals surface area contributed by atoms with Crippen LogP contribution < -0.4 is 59.3 Å². The zero-order valence-electron chi connectivity index (χ0n) is 60.1. The summed E-state index contributed by atoms with van der Waals surface area (Å²) in [5.41, 5.74) is 12.3. The molecule has 0 bridgehead atoms. The lowest BCUT2D eigenvalue weighted by molar-refractivity contribution is -0.149. The number of carbonyl (C=O) groups is 15. The minimum atomic E-state index is -1.72. The second-order valence-electron chi connectivity index (χ2n) is 28.6. The van der Waals surface area contributed by atoms with Crippen molar-refractivity contribution in [2.24, 2.45) is 41.1 Å². The average Bonchev–Trinajstić information content (AvgIpc) is 1.71. The summed E-state index contributed by atoms with van der Waals surface area (Å²) < 4.78 is 0. The summed E-state index contributed by atoms with van der Waals surface area (Å²) in [6.07, 6.45) is 5.23. The molecule has 4 fully saturated rings. The van der Waals surface area contributed by atoms with Gasteiger partial charge in [-0.15, -0.1) is 0 Å². The molecule has 5 heterocycles. The first-order valence-corrected chi connectivity index (χ1v) is 35.3. The van der Waals surface area contributed by atoms with Crippen molar-refractivity contribution in [3.05, 3.63) is 18.2 Å². The predicted molar refractivity (Wildman–Crippen MR) is 365 cm³/mol. The number of nitrogens with zero attached hydrogens (tertiary/aromatic N) is 5. The summed E-state index contributed by atoms with van der Waals surface area (Å²) in [6, 6.07) is -16.1. The smallest absolute Gasteiger partial charge is 0.325 e. The molecule has 16 N–H and O–H groups in total. The van der Waals surface area contributed by atoms with Gasteiger partial charge in [-0.05, 0) is 107 Å². The Morgan fingerprint density at radius 1 is 0.535 bits per heavy atom. The Labute approximate surface area is 589 Å². The number of likely N-dealkylation sites (tertiary alicyclic amines) is 4. The summed E-state index contributed by atoms with van der Waals surface area (Å²) >= 11 is 0. The van der Waals surface area contributed by atoms with E-state index >= 15 is 0 Å². The van der Waals surface area contributed by atoms with Crippen LogP contribution >= 0.6 is 0 Å². The van der Waals surface area contributed by atoms with Gasteiger partial charge in [-0.2, -0.15) is 0 Å². The highest BCUT2D eigenvalue weighted by molar-refractivity contribution is 6.01. The molecule has 14 amide bonds. The maximum Gasteiger partial charge on any atom is 0.325 e. The minimum Gasteiger partial charge on any atom is -0.480 e. The molecule has 101 heavy (non-hydrogen) atoms. The molecule has 0 saturated carbocycles. The number of imidazole rings is 1. The van der Waals surface area contributed by atoms with E-state index < -0.39 is 199 Å². The molecule has 564 valence electrons. The van der Waals surface area contributed by atoms with Gasteiger partial charge in [-0.25, -0.2) is 4.98 Å². The molecule has 0 aliphatic carbocycles. The number of aliphatic hydroxyl groups excluding tert-OH is 1. The molecule has 0 aromatic carbocycles. The average molecular weight is 1420 g/mol. The third-order valence-electron chi connectivity index (χ3n) is 18.7. The summed E-state index contributed by atoms with van der Waals surface area (Å²) in [4.78, 5) is 218. The van der Waals surface area contributed by atoms with Crippen LogP contribution in [-0.2, 0) is 78.3 Å². The van der Waals surface area contributed by atoms with Crippen LogP contribution in [0.1, 0.15) is 165 Å². The van der Waals surface area contributed by atoms with Gasteiger partial charge in [0.15, 0.2) is 0 Å². The van der Waals surface area contributed by atoms with Gasteiger partial charge in [0.05, 0.1) is 31.9 Å². The Morgan fingerprint density at radius 2 is 1.00 bits per heavy atom. The SMILES string of the molecule is CC[C@H](C)[C@H](NC(=O)[C@H](Cc1cnc[nH]1)NC(=O)[C@@H](N)CC(C)C)C(=O)N1CCC[C@H]1C(=O)N1CCC[C@H]1C(=O)N[C@@H](CC(N)=O)C(=O)N[C@@H](CC(C)C)C(=O)N[C@@H](CO)C(=O)N[C@@H](CC(C)C)C(=O)N1CCC[C@H]1C(=O)N[C@H](C(=O)N1CCC[C@H]1C(=O)NCC(=O)N[C@@H](C)C(=O)O)C(C)C. The first kappa shape index (κ1) is 82.8. The van der Waals surface area contributed by atoms with Crippen molar-refractivity contribution < 1.29 is 82.1 Å². The van der Waals surface area contributed by atoms with E-state index in [1.54, 1.807) is 48.5 Å². The standard InChI is InChI=1S/C67H109N17O17/c1-12-38(10)54(80-58(91)43(28-40-30-70-33-72-40)74-55(88)41(68)25-34(2)3)66(99)84-24-16-20-50(84)64(97)82-22-15-18-48(82)61(94)76-44(29-51(69)86)57(90)75-42(26-35(4)5)56(89)78-46(32-85)59(92)77-45(27-36(6)7)63(96)81-21-14-19-49(81)62(95)79-53(37(8)9)65(98)83-23-13-17-47(83)60(93)71-31-52(87)73-39(11)67(100)101/h30,33-39,41-50,53-54,85H,12-29,31-32,68H2,1-11H3,(H2,69,86)(H,70,72)(H,71,93)(H,73,87)(H,74,88)(H,75,90)(H,76,94)(H,77,92)(H,78,89)(H,79,95)(H,80,91)(H,100,101)/t38-,39-,41-,42-,43-,44-,45-,46-,47-,48-,49-,50-,53-,54-/m0/s1. The maximum absolute atomic E-state index is 14.7. The van der Waals surface area contributed by atoms with Crippen LogP contribution in [0.25, 0.3) is 0 Å². The van der Waals surface area contributed by atoms with Gasteiger partial charge in [0.2, 0.25) is 82.7 Å². The molecule has 4 aliphatic rings. The number of nitrogens with one attached hydrogen (secondary N) is 10. The summed E-state index contributed by atoms with van der Waals surface area (Å²) in [5.74, 6) is -13.2. The molecular weight excluding hydrogens is 1310 g/mol. The summed E-state index contributed by atoms with van der Waals surface area (Å²) in [7, 11) is 0. The normalized spacial score (nSPS) is 20.5. The van der Waals surface area contributed by atoms with E-state index in [0.717, 1.165) is 0 Å². The molecule has 14 atom stereocenters. The van der Waals surface area contributed by atoms with Crippen LogP contribution in [0.2, 0.25) is 0 Å². The number of H-pyrrole nitrogens is 1. The van der Waals surface area contributed by atoms with Gasteiger partial charge in [-0.1, -0.05) is 75.7 Å². The quantitative estimate of drug-likeness (QED) is 0.0317. The number of aromatic amines is 1. The lowest BCUT2D eigenvalue weighted by Crippen LogP contribution is -2.61. The zero-order valence-corrected chi connectivity index (χ0v) is 60.1. The molecule has 1 aromatic heterocycles. The molecule has 34 heteroatoms. The minimum absolute atomic E-state index is 0.00395. The van der Waals surface area contributed by atoms with Crippen LogP contribution in [0.3, 0.4) is 0 Å². The molecule has 0 radical (unpaired) electrons. The highest BCUT2D eigenvalue weighted by Crippen LogP contribution is 2.29. The molecule has 0 unspecified atom stereocenters. The monoisotopic (exact) mass is 1420 g/mol. The van der Waals surface area contributed by atoms with E-state index in [0.29, 0.717) is 44.2 Å². The molecule has 5 rings (SSSR count). The summed E-state index contributed by atoms with van der Waals surface area (Å²) in [5, 5.41) is 43.0. The number of carboxylic acid groups (broad SMARTS) is 1. The van der Waals surface area contributed by atoms with Crippen molar-refractivity contribution >= 4 is 88.7 Å². The highest BCUT2D eigenvalue weighted by Gasteiger charge is 2.47. The van der Waals surface area contributed by atoms with Crippen LogP contribution in [0.5, 0.6) is 0 Å². The Bertz CT molecular complexity index is 3110. The van der Waals surface area contributed by atoms with Gasteiger partial charge >= 0.3 is 5.97 Å². The number of aliphatic hydroxyl groups is 1. The van der Waals surface area contributed by atoms with Gasteiger partial charge < -0.3 is 94.1 Å². The number of amides is 14. The van der Waals surface area contributed by atoms with Crippen LogP contribution in [0.4, 0.5) is 0 Å². The van der Waals surface area contributed by atoms with Gasteiger partial charge in [0.1, 0.15) is 72.5 Å². The highest BCUT2D eigenvalue weighted by atomic mass is 16.4. The van der Waals surface area contributed by atoms with Crippen molar-refractivity contribution in [2.75, 3.05) is 39.3 Å². The van der Waals surface area contributed by atoms with E-state index in [1.165, 1.54) is 39.0 Å². The fraction of sp³-hybridized carbons (Fsp3) is 0.731. The Hall–Kier alpha value is -8.82. The molecule has 4 aliphatic heterocycles. The fourth-order valence-corrected chi connectivity index (χ4v) is 13.1. The first-order valence-electron chi connectivity index (χ1n) is 35.3. The number of aliphatic carboxylic acids is 1. The van der Waals surface area contributed by atoms with E-state index in [1.807, 2.05) is 20.8 Å². The molecule has 4 saturated heterocycles. The molecular formula is C67H109N17O17. The molecule has 0 spiro atoms. The number of rotatable bonds is 37. The second kappa shape index (κ2) is 38.8. The number of nitrogens with two attached hydrogens (primary N) is 2. The Morgan fingerprint density at radius 3 is 1.53 bits per heavy atom. The van der Waals surface area contributed by atoms with Crippen LogP contribution in [0.15, 0.2) is 12.5 Å².